The number of nitrogen functional groups attached to an aromatic ring is 1. The van der Waals surface area contributed by atoms with Gasteiger partial charge in [0.05, 0.1) is 16.6 Å². The molecule has 0 atom stereocenters. The fraction of sp³-hybridized carbons (Fsp3) is 0.0500. The Bertz CT molecular complexity index is 1270. The summed E-state index contributed by atoms with van der Waals surface area (Å²) in [6.07, 6.45) is 0. The van der Waals surface area contributed by atoms with E-state index >= 15 is 0 Å². The lowest BCUT2D eigenvalue weighted by atomic mass is 10.1. The number of nitrogens with zero attached hydrogens (tertiary/aromatic N) is 3. The van der Waals surface area contributed by atoms with Crippen LogP contribution in [0.15, 0.2) is 48.5 Å². The summed E-state index contributed by atoms with van der Waals surface area (Å²) in [6.45, 7) is 0.190. The van der Waals surface area contributed by atoms with Gasteiger partial charge in [-0.15, -0.1) is 5.10 Å². The number of benzene rings is 3. The Labute approximate surface area is 186 Å². The van der Waals surface area contributed by atoms with Crippen molar-refractivity contribution < 1.29 is 9.53 Å². The second-order valence-electron chi connectivity index (χ2n) is 6.43. The maximum absolute atomic E-state index is 11.3. The zero-order chi connectivity index (χ0) is 21.4. The molecule has 3 aromatic carbocycles. The Morgan fingerprint density at radius 3 is 2.30 bits per heavy atom. The van der Waals surface area contributed by atoms with Crippen LogP contribution in [0.25, 0.3) is 10.8 Å². The monoisotopic (exact) mass is 461 g/mol. The highest BCUT2D eigenvalue weighted by atomic mass is 35.5. The number of carbonyl (C=O) groups is 1. The van der Waals surface area contributed by atoms with E-state index in [-0.39, 0.29) is 18.1 Å². The van der Waals surface area contributed by atoms with E-state index in [0.29, 0.717) is 32.1 Å². The molecule has 0 spiro atoms. The molecule has 0 aliphatic carbocycles. The van der Waals surface area contributed by atoms with Crippen LogP contribution in [0.2, 0.25) is 15.1 Å². The summed E-state index contributed by atoms with van der Waals surface area (Å²) in [5, 5.41) is 10.4. The summed E-state index contributed by atoms with van der Waals surface area (Å²) in [5.41, 5.74) is 11.7. The first-order chi connectivity index (χ1) is 14.3. The SMILES string of the molecule is NC(=O)c1nnn(Cc2cc(Cl)c(Oc3ccc(Cl)c4ccccc34)c(Cl)c2)c1N. The molecule has 0 saturated heterocycles. The van der Waals surface area contributed by atoms with Crippen LogP contribution in [0, 0.1) is 0 Å². The number of primary amides is 1. The van der Waals surface area contributed by atoms with Gasteiger partial charge >= 0.3 is 0 Å². The molecule has 1 aromatic heterocycles. The van der Waals surface area contributed by atoms with Crippen LogP contribution >= 0.6 is 34.8 Å². The molecular formula is C20H14Cl3N5O2. The second-order valence-corrected chi connectivity index (χ2v) is 7.65. The van der Waals surface area contributed by atoms with Gasteiger partial charge < -0.3 is 16.2 Å². The number of halogens is 3. The van der Waals surface area contributed by atoms with Crippen molar-refractivity contribution in [2.24, 2.45) is 5.73 Å². The van der Waals surface area contributed by atoms with E-state index in [2.05, 4.69) is 10.3 Å². The predicted molar refractivity (Wildman–Crippen MR) is 118 cm³/mol. The molecule has 0 saturated carbocycles. The number of carbonyl (C=O) groups excluding carboxylic acids is 1. The summed E-state index contributed by atoms with van der Waals surface area (Å²) in [7, 11) is 0. The molecule has 1 heterocycles. The molecule has 0 bridgehead atoms. The lowest BCUT2D eigenvalue weighted by Gasteiger charge is -2.14. The molecule has 4 aromatic rings. The van der Waals surface area contributed by atoms with Crippen molar-refractivity contribution in [1.29, 1.82) is 0 Å². The second kappa shape index (κ2) is 8.02. The molecule has 10 heteroatoms. The first kappa shape index (κ1) is 20.3. The van der Waals surface area contributed by atoms with Crippen molar-refractivity contribution in [1.82, 2.24) is 15.0 Å². The van der Waals surface area contributed by atoms with Gasteiger partial charge in [0.25, 0.3) is 5.91 Å². The molecular weight excluding hydrogens is 449 g/mol. The van der Waals surface area contributed by atoms with Gasteiger partial charge in [0.2, 0.25) is 0 Å². The summed E-state index contributed by atoms with van der Waals surface area (Å²) < 4.78 is 7.36. The molecule has 0 radical (unpaired) electrons. The summed E-state index contributed by atoms with van der Waals surface area (Å²) in [4.78, 5) is 11.3. The number of aromatic nitrogens is 3. The van der Waals surface area contributed by atoms with Crippen LogP contribution in [0.1, 0.15) is 16.1 Å². The Hall–Kier alpha value is -3.00. The minimum absolute atomic E-state index is 0.0581. The third kappa shape index (κ3) is 3.75. The first-order valence-electron chi connectivity index (χ1n) is 8.67. The van der Waals surface area contributed by atoms with Crippen LogP contribution < -0.4 is 16.2 Å². The fourth-order valence-corrected chi connectivity index (χ4v) is 3.86. The van der Waals surface area contributed by atoms with Gasteiger partial charge in [0, 0.05) is 15.8 Å². The van der Waals surface area contributed by atoms with Crippen molar-refractivity contribution in [3.8, 4) is 11.5 Å². The third-order valence-corrected chi connectivity index (χ3v) is 5.33. The van der Waals surface area contributed by atoms with Gasteiger partial charge in [-0.2, -0.15) is 0 Å². The van der Waals surface area contributed by atoms with Crippen molar-refractivity contribution in [2.45, 2.75) is 6.54 Å². The van der Waals surface area contributed by atoms with E-state index in [4.69, 9.17) is 51.0 Å². The number of anilines is 1. The van der Waals surface area contributed by atoms with E-state index in [1.807, 2.05) is 24.3 Å². The zero-order valence-electron chi connectivity index (χ0n) is 15.3. The largest absolute Gasteiger partial charge is 0.454 e. The maximum Gasteiger partial charge on any atom is 0.273 e. The molecule has 152 valence electrons. The quantitative estimate of drug-likeness (QED) is 0.438. The van der Waals surface area contributed by atoms with E-state index in [1.54, 1.807) is 24.3 Å². The molecule has 4 rings (SSSR count). The number of hydrogen-bond acceptors (Lipinski definition) is 5. The standard InChI is InChI=1S/C20H14Cl3N5O2/c21-13-5-6-16(12-4-2-1-3-11(12)13)30-18-14(22)7-10(8-15(18)23)9-28-19(24)17(20(25)29)26-27-28/h1-8H,9,24H2,(H2,25,29). The Kier molecular flexibility index (Phi) is 5.42. The van der Waals surface area contributed by atoms with Crippen molar-refractivity contribution in [2.75, 3.05) is 5.73 Å². The van der Waals surface area contributed by atoms with Crippen LogP contribution in [-0.4, -0.2) is 20.9 Å². The van der Waals surface area contributed by atoms with Gasteiger partial charge in [-0.1, -0.05) is 64.3 Å². The van der Waals surface area contributed by atoms with Gasteiger partial charge in [-0.05, 0) is 29.8 Å². The third-order valence-electron chi connectivity index (χ3n) is 4.44. The molecule has 0 fully saturated rings. The number of ether oxygens (including phenoxy) is 1. The van der Waals surface area contributed by atoms with E-state index in [9.17, 15) is 4.79 Å². The average molecular weight is 463 g/mol. The zero-order valence-corrected chi connectivity index (χ0v) is 17.5. The number of fused-ring (bicyclic) bond motifs is 1. The Morgan fingerprint density at radius 2 is 1.67 bits per heavy atom. The highest BCUT2D eigenvalue weighted by Gasteiger charge is 2.17. The number of amides is 1. The van der Waals surface area contributed by atoms with Crippen LogP contribution in [0.4, 0.5) is 5.82 Å². The van der Waals surface area contributed by atoms with Crippen LogP contribution in [-0.2, 0) is 6.54 Å². The molecule has 30 heavy (non-hydrogen) atoms. The minimum Gasteiger partial charge on any atom is -0.454 e. The average Bonchev–Trinajstić information content (AvgIpc) is 3.07. The predicted octanol–water partition coefficient (Wildman–Crippen LogP) is 4.91. The van der Waals surface area contributed by atoms with E-state index in [1.165, 1.54) is 4.68 Å². The lowest BCUT2D eigenvalue weighted by Crippen LogP contribution is -2.15. The number of nitrogens with two attached hydrogens (primary N) is 2. The number of hydrogen-bond donors (Lipinski definition) is 2. The van der Waals surface area contributed by atoms with Crippen molar-refractivity contribution >= 4 is 57.3 Å². The topological polar surface area (TPSA) is 109 Å². The maximum atomic E-state index is 11.3. The fourth-order valence-electron chi connectivity index (χ4n) is 3.02. The summed E-state index contributed by atoms with van der Waals surface area (Å²) >= 11 is 19.2. The highest BCUT2D eigenvalue weighted by molar-refractivity contribution is 6.37. The molecule has 0 aliphatic heterocycles. The summed E-state index contributed by atoms with van der Waals surface area (Å²) in [6, 6.07) is 14.4. The van der Waals surface area contributed by atoms with E-state index in [0.717, 1.165) is 10.8 Å². The Morgan fingerprint density at radius 1 is 1.00 bits per heavy atom. The normalized spacial score (nSPS) is 11.0. The molecule has 0 unspecified atom stereocenters. The van der Waals surface area contributed by atoms with Crippen LogP contribution in [0.3, 0.4) is 0 Å². The van der Waals surface area contributed by atoms with Gasteiger partial charge in [-0.3, -0.25) is 4.79 Å². The molecule has 0 aliphatic rings. The smallest absolute Gasteiger partial charge is 0.273 e. The first-order valence-corrected chi connectivity index (χ1v) is 9.80. The van der Waals surface area contributed by atoms with Gasteiger partial charge in [0.15, 0.2) is 17.3 Å². The molecule has 7 nitrogen and oxygen atoms in total. The van der Waals surface area contributed by atoms with Crippen molar-refractivity contribution in [3.05, 3.63) is 74.9 Å². The summed E-state index contributed by atoms with van der Waals surface area (Å²) in [5.74, 6) is 0.175. The highest BCUT2D eigenvalue weighted by Crippen LogP contribution is 2.41. The van der Waals surface area contributed by atoms with E-state index < -0.39 is 5.91 Å². The number of rotatable bonds is 5. The molecule has 4 N–H and O–H groups in total. The minimum atomic E-state index is -0.756. The molecule has 1 amide bonds. The Balaban J connectivity index is 1.66. The van der Waals surface area contributed by atoms with Gasteiger partial charge in [0.1, 0.15) is 5.75 Å². The lowest BCUT2D eigenvalue weighted by molar-refractivity contribution is 0.0996. The van der Waals surface area contributed by atoms with Gasteiger partial charge in [-0.25, -0.2) is 4.68 Å². The van der Waals surface area contributed by atoms with Crippen LogP contribution in [0.5, 0.6) is 11.5 Å². The van der Waals surface area contributed by atoms with Crippen molar-refractivity contribution in [3.63, 3.8) is 0 Å².